The summed E-state index contributed by atoms with van der Waals surface area (Å²) in [5.41, 5.74) is 0. The number of phenolic OH excluding ortho intramolecular Hbond substituents is 1. The standard InChI is InChI=1S/C10H12N2O3/c13-8-2-1-3-9(4-8)15-10(14)12-7-5-11-6-7/h1-4,7,11,13H,5-6H2,(H,12,14). The zero-order valence-corrected chi connectivity index (χ0v) is 8.06. The molecule has 80 valence electrons. The second-order valence-corrected chi connectivity index (χ2v) is 3.39. The second-order valence-electron chi connectivity index (χ2n) is 3.39. The predicted molar refractivity (Wildman–Crippen MR) is 53.9 cm³/mol. The van der Waals surface area contributed by atoms with Crippen LogP contribution in [0.1, 0.15) is 0 Å². The molecule has 0 aliphatic carbocycles. The number of hydrogen-bond acceptors (Lipinski definition) is 4. The Morgan fingerprint density at radius 3 is 2.93 bits per heavy atom. The smallest absolute Gasteiger partial charge is 0.412 e. The summed E-state index contributed by atoms with van der Waals surface area (Å²) < 4.78 is 4.96. The van der Waals surface area contributed by atoms with Crippen molar-refractivity contribution in [3.8, 4) is 11.5 Å². The molecule has 3 N–H and O–H groups in total. The van der Waals surface area contributed by atoms with Gasteiger partial charge >= 0.3 is 6.09 Å². The van der Waals surface area contributed by atoms with Crippen LogP contribution in [0.4, 0.5) is 4.79 Å². The van der Waals surface area contributed by atoms with Crippen LogP contribution < -0.4 is 15.4 Å². The molecule has 0 atom stereocenters. The number of carbonyl (C=O) groups is 1. The largest absolute Gasteiger partial charge is 0.508 e. The van der Waals surface area contributed by atoms with Crippen LogP contribution in [0.3, 0.4) is 0 Å². The van der Waals surface area contributed by atoms with Crippen molar-refractivity contribution in [1.82, 2.24) is 10.6 Å². The Bertz CT molecular complexity index is 363. The lowest BCUT2D eigenvalue weighted by Crippen LogP contribution is -2.57. The molecule has 1 saturated heterocycles. The molecule has 0 spiro atoms. The van der Waals surface area contributed by atoms with Gasteiger partial charge in [-0.2, -0.15) is 0 Å². The Balaban J connectivity index is 1.87. The van der Waals surface area contributed by atoms with Gasteiger partial charge in [0.05, 0.1) is 6.04 Å². The third-order valence-corrected chi connectivity index (χ3v) is 2.13. The lowest BCUT2D eigenvalue weighted by atomic mass is 10.2. The van der Waals surface area contributed by atoms with Crippen molar-refractivity contribution in [1.29, 1.82) is 0 Å². The monoisotopic (exact) mass is 208 g/mol. The SMILES string of the molecule is O=C(NC1CNC1)Oc1cccc(O)c1. The van der Waals surface area contributed by atoms with Crippen molar-refractivity contribution in [2.75, 3.05) is 13.1 Å². The van der Waals surface area contributed by atoms with Gasteiger partial charge in [-0.15, -0.1) is 0 Å². The topological polar surface area (TPSA) is 70.6 Å². The van der Waals surface area contributed by atoms with Crippen LogP contribution in [-0.2, 0) is 0 Å². The molecule has 1 aromatic carbocycles. The lowest BCUT2D eigenvalue weighted by molar-refractivity contribution is 0.190. The average molecular weight is 208 g/mol. The third kappa shape index (κ3) is 2.60. The first kappa shape index (κ1) is 9.79. The van der Waals surface area contributed by atoms with Gasteiger partial charge in [0.15, 0.2) is 0 Å². The fraction of sp³-hybridized carbons (Fsp3) is 0.300. The maximum absolute atomic E-state index is 11.3. The van der Waals surface area contributed by atoms with Crippen molar-refractivity contribution in [2.45, 2.75) is 6.04 Å². The summed E-state index contributed by atoms with van der Waals surface area (Å²) in [6.45, 7) is 1.55. The van der Waals surface area contributed by atoms with Gasteiger partial charge in [-0.3, -0.25) is 0 Å². The minimum atomic E-state index is -0.493. The Kier molecular flexibility index (Phi) is 2.73. The Hall–Kier alpha value is -1.75. The van der Waals surface area contributed by atoms with Gasteiger partial charge in [-0.25, -0.2) is 4.79 Å². The minimum absolute atomic E-state index is 0.0746. The predicted octanol–water partition coefficient (Wildman–Crippen LogP) is 0.452. The third-order valence-electron chi connectivity index (χ3n) is 2.13. The number of amides is 1. The molecular weight excluding hydrogens is 196 g/mol. The molecule has 2 rings (SSSR count). The Morgan fingerprint density at radius 2 is 2.33 bits per heavy atom. The minimum Gasteiger partial charge on any atom is -0.508 e. The highest BCUT2D eigenvalue weighted by Gasteiger charge is 2.19. The fourth-order valence-electron chi connectivity index (χ4n) is 1.24. The summed E-state index contributed by atoms with van der Waals surface area (Å²) >= 11 is 0. The van der Waals surface area contributed by atoms with Crippen molar-refractivity contribution in [3.05, 3.63) is 24.3 Å². The molecule has 1 fully saturated rings. The molecule has 0 radical (unpaired) electrons. The molecule has 5 nitrogen and oxygen atoms in total. The van der Waals surface area contributed by atoms with Crippen molar-refractivity contribution in [2.24, 2.45) is 0 Å². The quantitative estimate of drug-likeness (QED) is 0.660. The second kappa shape index (κ2) is 4.18. The van der Waals surface area contributed by atoms with Crippen LogP contribution in [0, 0.1) is 0 Å². The molecule has 5 heteroatoms. The van der Waals surface area contributed by atoms with Gasteiger partial charge < -0.3 is 20.5 Å². The van der Waals surface area contributed by atoms with Crippen molar-refractivity contribution in [3.63, 3.8) is 0 Å². The van der Waals surface area contributed by atoms with Gasteiger partial charge in [0.2, 0.25) is 0 Å². The van der Waals surface area contributed by atoms with E-state index in [1.165, 1.54) is 12.1 Å². The molecule has 0 bridgehead atoms. The fourth-order valence-corrected chi connectivity index (χ4v) is 1.24. The summed E-state index contributed by atoms with van der Waals surface area (Å²) in [7, 11) is 0. The Morgan fingerprint density at radius 1 is 1.53 bits per heavy atom. The number of rotatable bonds is 2. The zero-order valence-electron chi connectivity index (χ0n) is 8.06. The highest BCUT2D eigenvalue weighted by molar-refractivity contribution is 5.71. The van der Waals surface area contributed by atoms with E-state index in [4.69, 9.17) is 9.84 Å². The van der Waals surface area contributed by atoms with E-state index in [9.17, 15) is 4.79 Å². The summed E-state index contributed by atoms with van der Waals surface area (Å²) in [4.78, 5) is 11.3. The van der Waals surface area contributed by atoms with E-state index in [0.29, 0.717) is 5.75 Å². The van der Waals surface area contributed by atoms with E-state index < -0.39 is 6.09 Å². The first-order valence-corrected chi connectivity index (χ1v) is 4.72. The molecule has 1 aliphatic rings. The number of ether oxygens (including phenoxy) is 1. The van der Waals surface area contributed by atoms with Crippen LogP contribution in [0.25, 0.3) is 0 Å². The van der Waals surface area contributed by atoms with E-state index in [1.54, 1.807) is 12.1 Å². The van der Waals surface area contributed by atoms with Gasteiger partial charge in [0, 0.05) is 19.2 Å². The van der Waals surface area contributed by atoms with E-state index in [-0.39, 0.29) is 11.8 Å². The zero-order chi connectivity index (χ0) is 10.7. The Labute approximate surface area is 87.1 Å². The molecule has 1 heterocycles. The maximum atomic E-state index is 11.3. The van der Waals surface area contributed by atoms with E-state index in [0.717, 1.165) is 13.1 Å². The molecule has 1 amide bonds. The van der Waals surface area contributed by atoms with E-state index in [2.05, 4.69) is 10.6 Å². The first-order chi connectivity index (χ1) is 7.24. The summed E-state index contributed by atoms with van der Waals surface area (Å²) in [6.07, 6.45) is -0.493. The molecule has 0 unspecified atom stereocenters. The maximum Gasteiger partial charge on any atom is 0.412 e. The molecule has 15 heavy (non-hydrogen) atoms. The summed E-state index contributed by atoms with van der Waals surface area (Å²) in [5.74, 6) is 0.408. The average Bonchev–Trinajstić information content (AvgIpc) is 2.11. The van der Waals surface area contributed by atoms with Gasteiger partial charge in [-0.05, 0) is 12.1 Å². The molecular formula is C10H12N2O3. The highest BCUT2D eigenvalue weighted by atomic mass is 16.6. The molecule has 1 aliphatic heterocycles. The van der Waals surface area contributed by atoms with Crippen LogP contribution in [-0.4, -0.2) is 30.3 Å². The number of phenols is 1. The summed E-state index contributed by atoms with van der Waals surface area (Å²) in [6, 6.07) is 6.27. The van der Waals surface area contributed by atoms with E-state index in [1.807, 2.05) is 0 Å². The van der Waals surface area contributed by atoms with Crippen molar-refractivity contribution >= 4 is 6.09 Å². The molecule has 0 aromatic heterocycles. The number of benzene rings is 1. The van der Waals surface area contributed by atoms with Crippen LogP contribution in [0.15, 0.2) is 24.3 Å². The van der Waals surface area contributed by atoms with Crippen LogP contribution in [0.2, 0.25) is 0 Å². The first-order valence-electron chi connectivity index (χ1n) is 4.72. The normalized spacial score (nSPS) is 15.5. The van der Waals surface area contributed by atoms with Crippen LogP contribution in [0.5, 0.6) is 11.5 Å². The molecule has 0 saturated carbocycles. The van der Waals surface area contributed by atoms with Gasteiger partial charge in [-0.1, -0.05) is 6.07 Å². The number of hydrogen-bond donors (Lipinski definition) is 3. The van der Waals surface area contributed by atoms with Crippen molar-refractivity contribution < 1.29 is 14.6 Å². The van der Waals surface area contributed by atoms with Crippen LogP contribution >= 0.6 is 0 Å². The highest BCUT2D eigenvalue weighted by Crippen LogP contribution is 2.17. The van der Waals surface area contributed by atoms with Gasteiger partial charge in [0.25, 0.3) is 0 Å². The lowest BCUT2D eigenvalue weighted by Gasteiger charge is -2.27. The van der Waals surface area contributed by atoms with Gasteiger partial charge in [0.1, 0.15) is 11.5 Å². The number of aromatic hydroxyl groups is 1. The number of carbonyl (C=O) groups excluding carboxylic acids is 1. The number of nitrogens with one attached hydrogen (secondary N) is 2. The van der Waals surface area contributed by atoms with E-state index >= 15 is 0 Å². The molecule has 1 aromatic rings. The summed E-state index contributed by atoms with van der Waals surface area (Å²) in [5, 5.41) is 14.9.